The van der Waals surface area contributed by atoms with Crippen molar-refractivity contribution < 1.29 is 23.1 Å². The van der Waals surface area contributed by atoms with Gasteiger partial charge in [-0.15, -0.1) is 0 Å². The number of hydrogen-bond acceptors (Lipinski definition) is 4. The Labute approximate surface area is 124 Å². The van der Waals surface area contributed by atoms with Gasteiger partial charge in [0.05, 0.1) is 18.0 Å². The summed E-state index contributed by atoms with van der Waals surface area (Å²) < 4.78 is 31.2. The number of carboxylic acids is 1. The molecule has 1 heterocycles. The number of ether oxygens (including phenoxy) is 1. The molecule has 7 heteroatoms. The summed E-state index contributed by atoms with van der Waals surface area (Å²) in [6.45, 7) is 4.15. The summed E-state index contributed by atoms with van der Waals surface area (Å²) in [5, 5.41) is 8.94. The highest BCUT2D eigenvalue weighted by molar-refractivity contribution is 7.89. The summed E-state index contributed by atoms with van der Waals surface area (Å²) in [6.07, 6.45) is -1.11. The molecular formula is C14H19NO5S. The number of benzene rings is 1. The second-order valence-corrected chi connectivity index (χ2v) is 7.22. The summed E-state index contributed by atoms with van der Waals surface area (Å²) in [5.74, 6) is -0.827. The number of sulfonamides is 1. The molecule has 1 fully saturated rings. The van der Waals surface area contributed by atoms with Crippen molar-refractivity contribution >= 4 is 16.0 Å². The van der Waals surface area contributed by atoms with E-state index in [1.165, 1.54) is 4.31 Å². The fourth-order valence-corrected chi connectivity index (χ4v) is 3.59. The second-order valence-electron chi connectivity index (χ2n) is 5.28. The summed E-state index contributed by atoms with van der Waals surface area (Å²) in [7, 11) is -3.68. The molecule has 1 aromatic rings. The summed E-state index contributed by atoms with van der Waals surface area (Å²) in [5.41, 5.74) is 1.05. The van der Waals surface area contributed by atoms with Crippen LogP contribution in [0.25, 0.3) is 0 Å². The highest BCUT2D eigenvalue weighted by Crippen LogP contribution is 2.21. The largest absolute Gasteiger partial charge is 0.479 e. The van der Waals surface area contributed by atoms with E-state index in [1.807, 2.05) is 13.8 Å². The molecule has 116 valence electrons. The van der Waals surface area contributed by atoms with Gasteiger partial charge >= 0.3 is 5.97 Å². The van der Waals surface area contributed by atoms with Crippen molar-refractivity contribution in [2.75, 3.05) is 19.7 Å². The highest BCUT2D eigenvalue weighted by Gasteiger charge is 2.33. The normalized spacial score (nSPS) is 20.6. The van der Waals surface area contributed by atoms with Crippen molar-refractivity contribution in [1.29, 1.82) is 0 Å². The van der Waals surface area contributed by atoms with E-state index in [0.29, 0.717) is 5.92 Å². The van der Waals surface area contributed by atoms with E-state index >= 15 is 0 Å². The fraction of sp³-hybridized carbons (Fsp3) is 0.500. The zero-order chi connectivity index (χ0) is 15.6. The minimum absolute atomic E-state index is 0.0836. The predicted octanol–water partition coefficient (Wildman–Crippen LogP) is 1.28. The number of hydrogen-bond donors (Lipinski definition) is 1. The lowest BCUT2D eigenvalue weighted by Gasteiger charge is -2.30. The van der Waals surface area contributed by atoms with Crippen LogP contribution in [-0.4, -0.2) is 49.6 Å². The molecule has 0 radical (unpaired) electrons. The summed E-state index contributed by atoms with van der Waals surface area (Å²) in [4.78, 5) is 11.1. The van der Waals surface area contributed by atoms with Gasteiger partial charge in [-0.2, -0.15) is 4.31 Å². The minimum atomic E-state index is -3.68. The van der Waals surface area contributed by atoms with Gasteiger partial charge in [0.25, 0.3) is 0 Å². The minimum Gasteiger partial charge on any atom is -0.479 e. The zero-order valence-corrected chi connectivity index (χ0v) is 12.8. The molecule has 0 bridgehead atoms. The Morgan fingerprint density at radius 2 is 1.95 bits per heavy atom. The molecule has 2 rings (SSSR count). The number of carbonyl (C=O) groups is 1. The van der Waals surface area contributed by atoms with Gasteiger partial charge in [-0.1, -0.05) is 26.0 Å². The first-order valence-corrected chi connectivity index (χ1v) is 8.21. The van der Waals surface area contributed by atoms with Crippen molar-refractivity contribution in [2.45, 2.75) is 30.8 Å². The molecular weight excluding hydrogens is 294 g/mol. The molecule has 0 saturated carbocycles. The Morgan fingerprint density at radius 1 is 1.33 bits per heavy atom. The topological polar surface area (TPSA) is 83.9 Å². The van der Waals surface area contributed by atoms with E-state index in [1.54, 1.807) is 24.3 Å². The Kier molecular flexibility index (Phi) is 4.65. The van der Waals surface area contributed by atoms with Crippen molar-refractivity contribution in [3.8, 4) is 0 Å². The molecule has 0 spiro atoms. The standard InChI is InChI=1S/C14H19NO5S/c1-10(2)11-3-5-12(6-4-11)21(18,19)15-7-8-20-13(9-15)14(16)17/h3-6,10,13H,7-9H2,1-2H3,(H,16,17). The zero-order valence-electron chi connectivity index (χ0n) is 12.0. The van der Waals surface area contributed by atoms with Crippen LogP contribution >= 0.6 is 0 Å². The van der Waals surface area contributed by atoms with E-state index in [9.17, 15) is 13.2 Å². The molecule has 1 N–H and O–H groups in total. The molecule has 0 aliphatic carbocycles. The predicted molar refractivity (Wildman–Crippen MR) is 76.7 cm³/mol. The number of carboxylic acid groups (broad SMARTS) is 1. The van der Waals surface area contributed by atoms with Crippen LogP contribution in [0.1, 0.15) is 25.3 Å². The SMILES string of the molecule is CC(C)c1ccc(S(=O)(=O)N2CCOC(C(=O)O)C2)cc1. The van der Waals surface area contributed by atoms with E-state index < -0.39 is 22.1 Å². The molecule has 1 aromatic carbocycles. The number of rotatable bonds is 4. The molecule has 0 amide bonds. The molecule has 1 atom stereocenters. The Balaban J connectivity index is 2.22. The smallest absolute Gasteiger partial charge is 0.334 e. The maximum atomic E-state index is 12.5. The van der Waals surface area contributed by atoms with Gasteiger partial charge in [-0.3, -0.25) is 0 Å². The Bertz CT molecular complexity index is 609. The van der Waals surface area contributed by atoms with Crippen LogP contribution in [0.3, 0.4) is 0 Å². The highest BCUT2D eigenvalue weighted by atomic mass is 32.2. The van der Waals surface area contributed by atoms with Crippen LogP contribution < -0.4 is 0 Å². The van der Waals surface area contributed by atoms with Crippen molar-refractivity contribution in [3.63, 3.8) is 0 Å². The monoisotopic (exact) mass is 313 g/mol. The maximum absolute atomic E-state index is 12.5. The maximum Gasteiger partial charge on any atom is 0.334 e. The first-order chi connectivity index (χ1) is 9.82. The lowest BCUT2D eigenvalue weighted by Crippen LogP contribution is -2.48. The van der Waals surface area contributed by atoms with Crippen LogP contribution in [0.2, 0.25) is 0 Å². The van der Waals surface area contributed by atoms with Crippen LogP contribution in [0.4, 0.5) is 0 Å². The molecule has 6 nitrogen and oxygen atoms in total. The van der Waals surface area contributed by atoms with Gasteiger partial charge in [0.1, 0.15) is 0 Å². The van der Waals surface area contributed by atoms with Crippen molar-refractivity contribution in [3.05, 3.63) is 29.8 Å². The van der Waals surface area contributed by atoms with Crippen molar-refractivity contribution in [2.24, 2.45) is 0 Å². The number of morpholine rings is 1. The van der Waals surface area contributed by atoms with Gasteiger partial charge in [0.2, 0.25) is 10.0 Å². The molecule has 21 heavy (non-hydrogen) atoms. The average Bonchev–Trinajstić information content (AvgIpc) is 2.47. The number of nitrogens with zero attached hydrogens (tertiary/aromatic N) is 1. The third-order valence-electron chi connectivity index (χ3n) is 3.49. The lowest BCUT2D eigenvalue weighted by molar-refractivity contribution is -0.153. The van der Waals surface area contributed by atoms with E-state index in [4.69, 9.17) is 9.84 Å². The van der Waals surface area contributed by atoms with Gasteiger partial charge in [-0.25, -0.2) is 13.2 Å². The van der Waals surface area contributed by atoms with Gasteiger partial charge < -0.3 is 9.84 Å². The van der Waals surface area contributed by atoms with Gasteiger partial charge in [-0.05, 0) is 23.6 Å². The molecule has 0 aromatic heterocycles. The first kappa shape index (κ1) is 15.9. The van der Waals surface area contributed by atoms with Crippen molar-refractivity contribution in [1.82, 2.24) is 4.31 Å². The average molecular weight is 313 g/mol. The van der Waals surface area contributed by atoms with E-state index in [2.05, 4.69) is 0 Å². The van der Waals surface area contributed by atoms with E-state index in [0.717, 1.165) is 5.56 Å². The fourth-order valence-electron chi connectivity index (χ4n) is 2.17. The quantitative estimate of drug-likeness (QED) is 0.905. The number of aliphatic carboxylic acids is 1. The third kappa shape index (κ3) is 3.42. The first-order valence-electron chi connectivity index (χ1n) is 6.77. The van der Waals surface area contributed by atoms with E-state index in [-0.39, 0.29) is 24.6 Å². The third-order valence-corrected chi connectivity index (χ3v) is 5.37. The van der Waals surface area contributed by atoms with Gasteiger partial charge in [0, 0.05) is 6.54 Å². The van der Waals surface area contributed by atoms with Crippen LogP contribution in [0, 0.1) is 0 Å². The van der Waals surface area contributed by atoms with Crippen LogP contribution in [0.5, 0.6) is 0 Å². The molecule has 1 saturated heterocycles. The van der Waals surface area contributed by atoms with Crippen LogP contribution in [-0.2, 0) is 19.6 Å². The second kappa shape index (κ2) is 6.13. The molecule has 1 aliphatic heterocycles. The van der Waals surface area contributed by atoms with Gasteiger partial charge in [0.15, 0.2) is 6.10 Å². The molecule has 1 unspecified atom stereocenters. The van der Waals surface area contributed by atoms with Crippen LogP contribution in [0.15, 0.2) is 29.2 Å². The molecule has 1 aliphatic rings. The Morgan fingerprint density at radius 3 is 2.48 bits per heavy atom. The lowest BCUT2D eigenvalue weighted by atomic mass is 10.0. The Hall–Kier alpha value is -1.44. The summed E-state index contributed by atoms with van der Waals surface area (Å²) in [6, 6.07) is 6.70. The summed E-state index contributed by atoms with van der Waals surface area (Å²) >= 11 is 0.